The van der Waals surface area contributed by atoms with Gasteiger partial charge in [0.15, 0.2) is 0 Å². The normalized spacial score (nSPS) is 18.4. The summed E-state index contributed by atoms with van der Waals surface area (Å²) in [7, 11) is 0. The Kier molecular flexibility index (Phi) is 3.38. The molecule has 0 radical (unpaired) electrons. The molecule has 2 aromatic carbocycles. The molecule has 2 heterocycles. The number of carbonyl (C=O) groups excluding carboxylic acids is 1. The zero-order chi connectivity index (χ0) is 15.1. The molecule has 1 amide bonds. The third-order valence-corrected chi connectivity index (χ3v) is 5.82. The van der Waals surface area contributed by atoms with Crippen molar-refractivity contribution >= 4 is 37.4 Å². The predicted octanol–water partition coefficient (Wildman–Crippen LogP) is 4.61. The zero-order valence-corrected chi connectivity index (χ0v) is 13.5. The van der Waals surface area contributed by atoms with Crippen LogP contribution in [-0.2, 0) is 11.2 Å². The summed E-state index contributed by atoms with van der Waals surface area (Å²) >= 11 is 1.82. The zero-order valence-electron chi connectivity index (χ0n) is 12.7. The van der Waals surface area contributed by atoms with Gasteiger partial charge in [0.25, 0.3) is 0 Å². The molecule has 1 aliphatic heterocycles. The van der Waals surface area contributed by atoms with Crippen LogP contribution in [0.5, 0.6) is 0 Å². The SMILES string of the molecule is CC1CCCN1C(=O)Cc1ccc2sc3ccccc3c2c1. The van der Waals surface area contributed by atoms with Crippen LogP contribution in [0.25, 0.3) is 20.2 Å². The lowest BCUT2D eigenvalue weighted by Crippen LogP contribution is -2.34. The Morgan fingerprint density at radius 3 is 2.82 bits per heavy atom. The van der Waals surface area contributed by atoms with Crippen molar-refractivity contribution in [1.29, 1.82) is 0 Å². The second kappa shape index (κ2) is 5.40. The van der Waals surface area contributed by atoms with Gasteiger partial charge in [-0.2, -0.15) is 0 Å². The van der Waals surface area contributed by atoms with Gasteiger partial charge < -0.3 is 4.90 Å². The van der Waals surface area contributed by atoms with Gasteiger partial charge in [-0.15, -0.1) is 11.3 Å². The average molecular weight is 309 g/mol. The van der Waals surface area contributed by atoms with Crippen LogP contribution < -0.4 is 0 Å². The summed E-state index contributed by atoms with van der Waals surface area (Å²) in [5.41, 5.74) is 1.13. The molecule has 0 aliphatic carbocycles. The summed E-state index contributed by atoms with van der Waals surface area (Å²) in [4.78, 5) is 14.5. The highest BCUT2D eigenvalue weighted by molar-refractivity contribution is 7.25. The van der Waals surface area contributed by atoms with Crippen LogP contribution in [0.4, 0.5) is 0 Å². The Morgan fingerprint density at radius 1 is 1.18 bits per heavy atom. The van der Waals surface area contributed by atoms with E-state index in [4.69, 9.17) is 0 Å². The summed E-state index contributed by atoms with van der Waals surface area (Å²) in [6.45, 7) is 3.07. The van der Waals surface area contributed by atoms with Crippen LogP contribution in [0.1, 0.15) is 25.3 Å². The van der Waals surface area contributed by atoms with E-state index in [2.05, 4.69) is 49.4 Å². The second-order valence-electron chi connectivity index (χ2n) is 6.18. The van der Waals surface area contributed by atoms with E-state index in [1.807, 2.05) is 16.2 Å². The number of hydrogen-bond acceptors (Lipinski definition) is 2. The monoisotopic (exact) mass is 309 g/mol. The van der Waals surface area contributed by atoms with E-state index in [0.29, 0.717) is 12.5 Å². The molecule has 112 valence electrons. The number of rotatable bonds is 2. The minimum Gasteiger partial charge on any atom is -0.340 e. The molecule has 1 unspecified atom stereocenters. The molecular formula is C19H19NOS. The summed E-state index contributed by atoms with van der Waals surface area (Å²) in [6.07, 6.45) is 2.80. The standard InChI is InChI=1S/C19H19NOS/c1-13-5-4-10-20(13)19(21)12-14-8-9-18-16(11-14)15-6-2-3-7-17(15)22-18/h2-3,6-9,11,13H,4-5,10,12H2,1H3. The maximum absolute atomic E-state index is 12.5. The largest absolute Gasteiger partial charge is 0.340 e. The van der Waals surface area contributed by atoms with Crippen molar-refractivity contribution in [2.75, 3.05) is 6.54 Å². The number of fused-ring (bicyclic) bond motifs is 3. The number of thiophene rings is 1. The number of hydrogen-bond donors (Lipinski definition) is 0. The Morgan fingerprint density at radius 2 is 2.00 bits per heavy atom. The van der Waals surface area contributed by atoms with Crippen molar-refractivity contribution < 1.29 is 4.79 Å². The molecule has 1 atom stereocenters. The fourth-order valence-electron chi connectivity index (χ4n) is 3.46. The summed E-state index contributed by atoms with van der Waals surface area (Å²) < 4.78 is 2.61. The summed E-state index contributed by atoms with van der Waals surface area (Å²) in [5.74, 6) is 0.267. The van der Waals surface area contributed by atoms with Crippen LogP contribution >= 0.6 is 11.3 Å². The molecule has 4 rings (SSSR count). The molecule has 1 fully saturated rings. The lowest BCUT2D eigenvalue weighted by atomic mass is 10.1. The summed E-state index contributed by atoms with van der Waals surface area (Å²) in [6, 6.07) is 15.4. The van der Waals surface area contributed by atoms with Crippen molar-refractivity contribution in [3.8, 4) is 0 Å². The molecule has 0 spiro atoms. The quantitative estimate of drug-likeness (QED) is 0.677. The maximum atomic E-state index is 12.5. The minimum absolute atomic E-state index is 0.267. The van der Waals surface area contributed by atoms with Gasteiger partial charge in [0.2, 0.25) is 5.91 Å². The number of benzene rings is 2. The Hall–Kier alpha value is -1.87. The molecule has 1 aliphatic rings. The van der Waals surface area contributed by atoms with Crippen molar-refractivity contribution in [3.63, 3.8) is 0 Å². The van der Waals surface area contributed by atoms with Gasteiger partial charge in [0.1, 0.15) is 0 Å². The molecular weight excluding hydrogens is 290 g/mol. The predicted molar refractivity (Wildman–Crippen MR) is 93.4 cm³/mol. The molecule has 2 nitrogen and oxygen atoms in total. The van der Waals surface area contributed by atoms with Crippen LogP contribution in [0.15, 0.2) is 42.5 Å². The second-order valence-corrected chi connectivity index (χ2v) is 7.27. The van der Waals surface area contributed by atoms with Crippen LogP contribution in [0, 0.1) is 0 Å². The molecule has 1 aromatic heterocycles. The van der Waals surface area contributed by atoms with E-state index < -0.39 is 0 Å². The lowest BCUT2D eigenvalue weighted by molar-refractivity contribution is -0.130. The van der Waals surface area contributed by atoms with Crippen molar-refractivity contribution in [1.82, 2.24) is 4.90 Å². The highest BCUT2D eigenvalue weighted by atomic mass is 32.1. The minimum atomic E-state index is 0.267. The van der Waals surface area contributed by atoms with Gasteiger partial charge >= 0.3 is 0 Å². The first-order valence-corrected chi connectivity index (χ1v) is 8.73. The maximum Gasteiger partial charge on any atom is 0.227 e. The van der Waals surface area contributed by atoms with E-state index in [-0.39, 0.29) is 5.91 Å². The van der Waals surface area contributed by atoms with Crippen LogP contribution in [-0.4, -0.2) is 23.4 Å². The third-order valence-electron chi connectivity index (χ3n) is 4.67. The average Bonchev–Trinajstić information content (AvgIpc) is 3.10. The van der Waals surface area contributed by atoms with Gasteiger partial charge in [0, 0.05) is 32.8 Å². The Labute approximate surface area is 134 Å². The lowest BCUT2D eigenvalue weighted by Gasteiger charge is -2.21. The van der Waals surface area contributed by atoms with Crippen molar-refractivity contribution in [2.24, 2.45) is 0 Å². The van der Waals surface area contributed by atoms with Crippen LogP contribution in [0.2, 0.25) is 0 Å². The first-order valence-electron chi connectivity index (χ1n) is 7.92. The van der Waals surface area contributed by atoms with Gasteiger partial charge in [-0.3, -0.25) is 4.79 Å². The first kappa shape index (κ1) is 13.8. The molecule has 1 saturated heterocycles. The highest BCUT2D eigenvalue weighted by Crippen LogP contribution is 2.34. The molecule has 0 saturated carbocycles. The van der Waals surface area contributed by atoms with Crippen molar-refractivity contribution in [3.05, 3.63) is 48.0 Å². The van der Waals surface area contributed by atoms with Gasteiger partial charge in [-0.1, -0.05) is 24.3 Å². The number of carbonyl (C=O) groups is 1. The fourth-order valence-corrected chi connectivity index (χ4v) is 4.55. The fraction of sp³-hybridized carbons (Fsp3) is 0.316. The first-order chi connectivity index (χ1) is 10.7. The number of likely N-dealkylation sites (tertiary alicyclic amines) is 1. The molecule has 3 heteroatoms. The number of amides is 1. The van der Waals surface area contributed by atoms with Gasteiger partial charge in [-0.05, 0) is 43.5 Å². The molecule has 3 aromatic rings. The van der Waals surface area contributed by atoms with E-state index in [1.54, 1.807) is 0 Å². The molecule has 22 heavy (non-hydrogen) atoms. The van der Waals surface area contributed by atoms with E-state index in [9.17, 15) is 4.79 Å². The van der Waals surface area contributed by atoms with E-state index >= 15 is 0 Å². The number of nitrogens with zero attached hydrogens (tertiary/aromatic N) is 1. The molecule has 0 N–H and O–H groups in total. The van der Waals surface area contributed by atoms with Gasteiger partial charge in [0.05, 0.1) is 6.42 Å². The smallest absolute Gasteiger partial charge is 0.227 e. The van der Waals surface area contributed by atoms with E-state index in [1.165, 1.54) is 20.2 Å². The van der Waals surface area contributed by atoms with Gasteiger partial charge in [-0.25, -0.2) is 0 Å². The topological polar surface area (TPSA) is 20.3 Å². The third kappa shape index (κ3) is 2.30. The summed E-state index contributed by atoms with van der Waals surface area (Å²) in [5, 5.41) is 2.58. The van der Waals surface area contributed by atoms with Crippen molar-refractivity contribution in [2.45, 2.75) is 32.2 Å². The van der Waals surface area contributed by atoms with E-state index in [0.717, 1.165) is 24.9 Å². The highest BCUT2D eigenvalue weighted by Gasteiger charge is 2.24. The Balaban J connectivity index is 1.67. The van der Waals surface area contributed by atoms with Crippen LogP contribution in [0.3, 0.4) is 0 Å². The Bertz CT molecular complexity index is 851. The molecule has 0 bridgehead atoms.